The van der Waals surface area contributed by atoms with E-state index in [1.165, 1.54) is 6.07 Å². The van der Waals surface area contributed by atoms with E-state index in [4.69, 9.17) is 16.3 Å². The molecule has 1 aromatic rings. The van der Waals surface area contributed by atoms with Gasteiger partial charge in [-0.2, -0.15) is 0 Å². The predicted octanol–water partition coefficient (Wildman–Crippen LogP) is 1.54. The third-order valence-corrected chi connectivity index (χ3v) is 3.74. The normalized spacial score (nSPS) is 13.3. The van der Waals surface area contributed by atoms with Gasteiger partial charge in [0.25, 0.3) is 0 Å². The number of halogens is 1. The van der Waals surface area contributed by atoms with Gasteiger partial charge in [0.2, 0.25) is 0 Å². The number of ether oxygens (including phenoxy) is 1. The third-order valence-electron chi connectivity index (χ3n) is 2.27. The number of hydrogen-bond acceptors (Lipinski definition) is 5. The van der Waals surface area contributed by atoms with Crippen molar-refractivity contribution in [2.24, 2.45) is 0 Å². The van der Waals surface area contributed by atoms with Gasteiger partial charge in [0.1, 0.15) is 10.7 Å². The highest BCUT2D eigenvalue weighted by molar-refractivity contribution is 7.90. The maximum atomic E-state index is 11.5. The Morgan fingerprint density at radius 2 is 2.28 bits per heavy atom. The lowest BCUT2D eigenvalue weighted by Gasteiger charge is -2.11. The van der Waals surface area contributed by atoms with E-state index in [2.05, 4.69) is 10.3 Å². The largest absolute Gasteiger partial charge is 0.383 e. The molecule has 0 saturated heterocycles. The van der Waals surface area contributed by atoms with Gasteiger partial charge in [-0.15, -0.1) is 11.6 Å². The van der Waals surface area contributed by atoms with E-state index in [0.29, 0.717) is 25.4 Å². The van der Waals surface area contributed by atoms with E-state index in [1.807, 2.05) is 0 Å². The molecule has 0 aromatic carbocycles. The van der Waals surface area contributed by atoms with Gasteiger partial charge in [-0.25, -0.2) is 13.4 Å². The van der Waals surface area contributed by atoms with Crippen molar-refractivity contribution in [1.29, 1.82) is 0 Å². The van der Waals surface area contributed by atoms with Crippen molar-refractivity contribution < 1.29 is 13.2 Å². The van der Waals surface area contributed by atoms with E-state index in [1.54, 1.807) is 19.4 Å². The van der Waals surface area contributed by atoms with Crippen LogP contribution in [0.5, 0.6) is 0 Å². The van der Waals surface area contributed by atoms with Crippen LogP contribution in [-0.4, -0.2) is 45.3 Å². The number of nitrogens with one attached hydrogen (secondary N) is 1. The van der Waals surface area contributed by atoms with E-state index < -0.39 is 9.84 Å². The topological polar surface area (TPSA) is 68.3 Å². The predicted molar refractivity (Wildman–Crippen MR) is 72.0 cm³/mol. The molecule has 0 aliphatic heterocycles. The van der Waals surface area contributed by atoms with Crippen molar-refractivity contribution >= 4 is 27.3 Å². The molecule has 1 heterocycles. The van der Waals surface area contributed by atoms with Crippen LogP contribution in [0, 0.1) is 0 Å². The number of aromatic nitrogens is 1. The van der Waals surface area contributed by atoms with Crippen LogP contribution in [0.2, 0.25) is 0 Å². The smallest absolute Gasteiger partial charge is 0.179 e. The van der Waals surface area contributed by atoms with E-state index in [9.17, 15) is 8.42 Å². The summed E-state index contributed by atoms with van der Waals surface area (Å²) in [7, 11) is -1.69. The Hall–Kier alpha value is -0.850. The number of nitrogens with zero attached hydrogens (tertiary/aromatic N) is 1. The second kappa shape index (κ2) is 6.92. The summed E-state index contributed by atoms with van der Waals surface area (Å²) in [6.07, 6.45) is 3.37. The molecule has 1 aromatic heterocycles. The summed E-state index contributed by atoms with van der Waals surface area (Å²) in [6, 6.07) is 3.12. The van der Waals surface area contributed by atoms with Crippen LogP contribution >= 0.6 is 11.6 Å². The number of rotatable bonds is 7. The lowest BCUT2D eigenvalue weighted by Crippen LogP contribution is -2.15. The summed E-state index contributed by atoms with van der Waals surface area (Å²) in [5.74, 6) is 0.362. The summed E-state index contributed by atoms with van der Waals surface area (Å²) in [4.78, 5) is 4.22. The van der Waals surface area contributed by atoms with Gasteiger partial charge in [-0.1, -0.05) is 0 Å². The van der Waals surface area contributed by atoms with Crippen LogP contribution in [0.1, 0.15) is 6.42 Å². The first-order valence-electron chi connectivity index (χ1n) is 5.47. The van der Waals surface area contributed by atoms with Crippen LogP contribution in [0.4, 0.5) is 5.82 Å². The van der Waals surface area contributed by atoms with E-state index in [-0.39, 0.29) is 10.3 Å². The maximum absolute atomic E-state index is 11.5. The summed E-state index contributed by atoms with van der Waals surface area (Å²) < 4.78 is 28.0. The molecule has 18 heavy (non-hydrogen) atoms. The molecule has 0 spiro atoms. The molecule has 102 valence electrons. The molecule has 5 nitrogen and oxygen atoms in total. The fourth-order valence-corrected chi connectivity index (χ4v) is 2.47. The highest BCUT2D eigenvalue weighted by Crippen LogP contribution is 2.17. The van der Waals surface area contributed by atoms with Crippen LogP contribution in [-0.2, 0) is 14.6 Å². The molecule has 0 bridgehead atoms. The summed E-state index contributed by atoms with van der Waals surface area (Å²) in [6.45, 7) is 1.00. The molecule has 1 unspecified atom stereocenters. The molecule has 0 saturated carbocycles. The minimum absolute atomic E-state index is 0.104. The lowest BCUT2D eigenvalue weighted by atomic mass is 10.3. The number of pyridine rings is 1. The van der Waals surface area contributed by atoms with Gasteiger partial charge in [-0.05, 0) is 18.6 Å². The highest BCUT2D eigenvalue weighted by atomic mass is 35.5. The molecule has 1 rings (SSSR count). The van der Waals surface area contributed by atoms with Gasteiger partial charge in [-0.3, -0.25) is 0 Å². The van der Waals surface area contributed by atoms with Gasteiger partial charge < -0.3 is 10.1 Å². The Balaban J connectivity index is 2.63. The molecule has 0 amide bonds. The number of alkyl halides is 1. The first-order chi connectivity index (χ1) is 8.45. The molecule has 0 aliphatic rings. The SMILES string of the molecule is COCC(Cl)CCNc1ncccc1S(C)(=O)=O. The monoisotopic (exact) mass is 292 g/mol. The minimum Gasteiger partial charge on any atom is -0.383 e. The van der Waals surface area contributed by atoms with Crippen LogP contribution in [0.15, 0.2) is 23.2 Å². The zero-order valence-corrected chi connectivity index (χ0v) is 12.0. The van der Waals surface area contributed by atoms with Crippen molar-refractivity contribution in [2.75, 3.05) is 31.8 Å². The second-order valence-corrected chi connectivity index (χ2v) is 6.49. The van der Waals surface area contributed by atoms with Gasteiger partial charge >= 0.3 is 0 Å². The zero-order valence-electron chi connectivity index (χ0n) is 10.4. The van der Waals surface area contributed by atoms with Crippen LogP contribution < -0.4 is 5.32 Å². The molecule has 0 fully saturated rings. The molecule has 0 aliphatic carbocycles. The van der Waals surface area contributed by atoms with Gasteiger partial charge in [0, 0.05) is 26.1 Å². The Bertz CT molecular complexity index is 479. The average molecular weight is 293 g/mol. The number of methoxy groups -OCH3 is 1. The first kappa shape index (κ1) is 15.2. The average Bonchev–Trinajstić information content (AvgIpc) is 2.28. The number of sulfone groups is 1. The highest BCUT2D eigenvalue weighted by Gasteiger charge is 2.13. The Labute approximate surface area is 112 Å². The van der Waals surface area contributed by atoms with Crippen LogP contribution in [0.3, 0.4) is 0 Å². The van der Waals surface area contributed by atoms with Crippen molar-refractivity contribution in [1.82, 2.24) is 4.98 Å². The Morgan fingerprint density at radius 1 is 1.56 bits per heavy atom. The summed E-state index contributed by atoms with van der Waals surface area (Å²) in [5.41, 5.74) is 0. The maximum Gasteiger partial charge on any atom is 0.179 e. The summed E-state index contributed by atoms with van der Waals surface area (Å²) in [5, 5.41) is 2.88. The van der Waals surface area contributed by atoms with Gasteiger partial charge in [0.05, 0.1) is 12.0 Å². The molecule has 0 radical (unpaired) electrons. The van der Waals surface area contributed by atoms with Crippen molar-refractivity contribution in [3.63, 3.8) is 0 Å². The molecule has 1 atom stereocenters. The third kappa shape index (κ3) is 4.80. The molecular formula is C11H17ClN2O3S. The van der Waals surface area contributed by atoms with Gasteiger partial charge in [0.15, 0.2) is 9.84 Å². The minimum atomic E-state index is -3.28. The van der Waals surface area contributed by atoms with E-state index in [0.717, 1.165) is 6.26 Å². The Morgan fingerprint density at radius 3 is 2.89 bits per heavy atom. The number of anilines is 1. The number of hydrogen-bond donors (Lipinski definition) is 1. The Kier molecular flexibility index (Phi) is 5.84. The first-order valence-corrected chi connectivity index (χ1v) is 7.80. The molecule has 7 heteroatoms. The van der Waals surface area contributed by atoms with E-state index >= 15 is 0 Å². The van der Waals surface area contributed by atoms with Crippen molar-refractivity contribution in [2.45, 2.75) is 16.7 Å². The van der Waals surface area contributed by atoms with Crippen molar-refractivity contribution in [3.8, 4) is 0 Å². The van der Waals surface area contributed by atoms with Crippen molar-refractivity contribution in [3.05, 3.63) is 18.3 Å². The standard InChI is InChI=1S/C11H17ClN2O3S/c1-17-8-9(12)5-7-14-11-10(18(2,15)16)4-3-6-13-11/h3-4,6,9H,5,7-8H2,1-2H3,(H,13,14). The lowest BCUT2D eigenvalue weighted by molar-refractivity contribution is 0.196. The second-order valence-electron chi connectivity index (χ2n) is 3.89. The summed E-state index contributed by atoms with van der Waals surface area (Å²) >= 11 is 5.97. The quantitative estimate of drug-likeness (QED) is 0.772. The molecular weight excluding hydrogens is 276 g/mol. The fraction of sp³-hybridized carbons (Fsp3) is 0.545. The fourth-order valence-electron chi connectivity index (χ4n) is 1.43. The zero-order chi connectivity index (χ0) is 13.6. The molecule has 1 N–H and O–H groups in total. The van der Waals surface area contributed by atoms with Crippen LogP contribution in [0.25, 0.3) is 0 Å².